The second-order valence-corrected chi connectivity index (χ2v) is 2.90. The lowest BCUT2D eigenvalue weighted by molar-refractivity contribution is -0.658. The van der Waals surface area contributed by atoms with Gasteiger partial charge in [0.15, 0.2) is 6.20 Å². The van der Waals surface area contributed by atoms with E-state index >= 15 is 0 Å². The molecule has 2 rings (SSSR count). The third kappa shape index (κ3) is 2.05. The number of pyridine rings is 1. The fourth-order valence-electron chi connectivity index (χ4n) is 1.46. The number of hydrogen-bond donors (Lipinski definition) is 0. The van der Waals surface area contributed by atoms with Crippen molar-refractivity contribution in [2.24, 2.45) is 0 Å². The van der Waals surface area contributed by atoms with Gasteiger partial charge in [-0.3, -0.25) is 0 Å². The second kappa shape index (κ2) is 4.97. The first-order valence-electron chi connectivity index (χ1n) is 4.22. The van der Waals surface area contributed by atoms with E-state index in [2.05, 4.69) is 28.7 Å². The Labute approximate surface area is 101 Å². The highest BCUT2D eigenvalue weighted by molar-refractivity contribution is 5.74. The fourth-order valence-corrected chi connectivity index (χ4v) is 1.46. The maximum Gasteiger partial charge on any atom is 0.213 e. The van der Waals surface area contributed by atoms with Crippen LogP contribution in [0.2, 0.25) is 0 Å². The maximum absolute atomic E-state index is 5.28. The van der Waals surface area contributed by atoms with E-state index in [-0.39, 0.29) is 24.0 Å². The summed E-state index contributed by atoms with van der Waals surface area (Å²) in [5.74, 6) is 2.64. The number of halogens is 1. The highest BCUT2D eigenvalue weighted by atomic mass is 127. The smallest absolute Gasteiger partial charge is 0.213 e. The number of nitrogens with zero attached hydrogens (tertiary/aromatic N) is 1. The molecule has 0 bridgehead atoms. The van der Waals surface area contributed by atoms with Crippen molar-refractivity contribution in [3.05, 3.63) is 42.6 Å². The maximum atomic E-state index is 5.28. The highest BCUT2D eigenvalue weighted by Crippen LogP contribution is 2.07. The van der Waals surface area contributed by atoms with Crippen molar-refractivity contribution in [1.29, 1.82) is 0 Å². The largest absolute Gasteiger partial charge is 1.00 e. The van der Waals surface area contributed by atoms with Gasteiger partial charge < -0.3 is 24.0 Å². The van der Waals surface area contributed by atoms with E-state index < -0.39 is 0 Å². The minimum Gasteiger partial charge on any atom is -1.00 e. The zero-order valence-corrected chi connectivity index (χ0v) is 9.81. The molecule has 1 nitrogen and oxygen atoms in total. The SMILES string of the molecule is C#CC[n+]1cccc2ccccc21.[I-]. The van der Waals surface area contributed by atoms with Gasteiger partial charge in [0.25, 0.3) is 0 Å². The van der Waals surface area contributed by atoms with Gasteiger partial charge in [0.2, 0.25) is 12.1 Å². The Balaban J connectivity index is 0.000000980. The monoisotopic (exact) mass is 295 g/mol. The Hall–Kier alpha value is -1.08. The van der Waals surface area contributed by atoms with Crippen molar-refractivity contribution < 1.29 is 28.5 Å². The molecule has 0 aliphatic carbocycles. The Morgan fingerprint density at radius 3 is 2.64 bits per heavy atom. The van der Waals surface area contributed by atoms with Crippen LogP contribution in [0.1, 0.15) is 0 Å². The molecule has 1 heterocycles. The summed E-state index contributed by atoms with van der Waals surface area (Å²) in [6, 6.07) is 12.3. The van der Waals surface area contributed by atoms with Crippen LogP contribution >= 0.6 is 0 Å². The Morgan fingerprint density at radius 2 is 1.86 bits per heavy atom. The van der Waals surface area contributed by atoms with Gasteiger partial charge in [-0.1, -0.05) is 12.1 Å². The summed E-state index contributed by atoms with van der Waals surface area (Å²) < 4.78 is 2.06. The van der Waals surface area contributed by atoms with Crippen molar-refractivity contribution in [3.8, 4) is 12.3 Å². The summed E-state index contributed by atoms with van der Waals surface area (Å²) in [4.78, 5) is 0. The summed E-state index contributed by atoms with van der Waals surface area (Å²) in [7, 11) is 0. The standard InChI is InChI=1S/C12H10N.HI/c1-2-9-13-10-5-7-11-6-3-4-8-12(11)13;/h1,3-8,10H,9H2;1H/q+1;/p-1. The number of benzene rings is 1. The molecule has 1 aromatic heterocycles. The van der Waals surface area contributed by atoms with Crippen LogP contribution in [0, 0.1) is 12.3 Å². The first kappa shape index (κ1) is 11.0. The Morgan fingerprint density at radius 1 is 1.14 bits per heavy atom. The molecule has 0 N–H and O–H groups in total. The molecule has 0 atom stereocenters. The number of para-hydroxylation sites is 1. The fraction of sp³-hybridized carbons (Fsp3) is 0.0833. The molecule has 2 aromatic rings. The van der Waals surface area contributed by atoms with E-state index in [1.54, 1.807) is 0 Å². The van der Waals surface area contributed by atoms with Gasteiger partial charge in [0, 0.05) is 17.5 Å². The second-order valence-electron chi connectivity index (χ2n) is 2.90. The first-order valence-corrected chi connectivity index (χ1v) is 4.22. The van der Waals surface area contributed by atoms with Gasteiger partial charge in [0.1, 0.15) is 0 Å². The zero-order valence-electron chi connectivity index (χ0n) is 7.65. The minimum absolute atomic E-state index is 0. The normalized spacial score (nSPS) is 9.07. The number of aromatic nitrogens is 1. The predicted octanol–water partition coefficient (Wildman–Crippen LogP) is -1.24. The van der Waals surface area contributed by atoms with Crippen LogP contribution in [0.3, 0.4) is 0 Å². The third-order valence-electron chi connectivity index (χ3n) is 2.05. The van der Waals surface area contributed by atoms with Gasteiger partial charge in [-0.05, 0) is 18.1 Å². The van der Waals surface area contributed by atoms with Crippen LogP contribution in [0.5, 0.6) is 0 Å². The molecule has 1 aromatic carbocycles. The van der Waals surface area contributed by atoms with E-state index in [1.165, 1.54) is 10.9 Å². The topological polar surface area (TPSA) is 3.88 Å². The molecule has 0 aliphatic rings. The molecule has 14 heavy (non-hydrogen) atoms. The van der Waals surface area contributed by atoms with Gasteiger partial charge >= 0.3 is 0 Å². The molecule has 0 unspecified atom stereocenters. The Bertz CT molecular complexity index is 466. The predicted molar refractivity (Wildman–Crippen MR) is 53.0 cm³/mol. The van der Waals surface area contributed by atoms with Crippen LogP contribution in [-0.4, -0.2) is 0 Å². The third-order valence-corrected chi connectivity index (χ3v) is 2.05. The molecule has 0 fully saturated rings. The van der Waals surface area contributed by atoms with Crippen molar-refractivity contribution in [2.45, 2.75) is 6.54 Å². The van der Waals surface area contributed by atoms with Gasteiger partial charge in [0.05, 0.1) is 0 Å². The summed E-state index contributed by atoms with van der Waals surface area (Å²) in [6.45, 7) is 0.626. The summed E-state index contributed by atoms with van der Waals surface area (Å²) in [6.07, 6.45) is 7.28. The summed E-state index contributed by atoms with van der Waals surface area (Å²) in [5, 5.41) is 1.22. The van der Waals surface area contributed by atoms with Crippen molar-refractivity contribution in [2.75, 3.05) is 0 Å². The average molecular weight is 295 g/mol. The summed E-state index contributed by atoms with van der Waals surface area (Å²) in [5.41, 5.74) is 1.18. The quantitative estimate of drug-likeness (QED) is 0.352. The van der Waals surface area contributed by atoms with Crippen LogP contribution < -0.4 is 28.5 Å². The lowest BCUT2D eigenvalue weighted by Crippen LogP contribution is -3.00. The van der Waals surface area contributed by atoms with Crippen LogP contribution in [-0.2, 0) is 6.54 Å². The van der Waals surface area contributed by atoms with E-state index in [1.807, 2.05) is 24.4 Å². The zero-order chi connectivity index (χ0) is 9.10. The molecular weight excluding hydrogens is 285 g/mol. The van der Waals surface area contributed by atoms with E-state index in [4.69, 9.17) is 6.42 Å². The van der Waals surface area contributed by atoms with Gasteiger partial charge in [-0.25, -0.2) is 0 Å². The average Bonchev–Trinajstić information content (AvgIpc) is 2.19. The molecule has 0 amide bonds. The van der Waals surface area contributed by atoms with E-state index in [0.29, 0.717) is 6.54 Å². The van der Waals surface area contributed by atoms with E-state index in [0.717, 1.165) is 0 Å². The number of rotatable bonds is 1. The van der Waals surface area contributed by atoms with Crippen molar-refractivity contribution >= 4 is 10.9 Å². The Kier molecular flexibility index (Phi) is 3.90. The van der Waals surface area contributed by atoms with Crippen molar-refractivity contribution in [1.82, 2.24) is 0 Å². The molecule has 0 saturated carbocycles. The number of hydrogen-bond acceptors (Lipinski definition) is 0. The van der Waals surface area contributed by atoms with Gasteiger partial charge in [-0.15, -0.1) is 6.42 Å². The minimum atomic E-state index is 0. The summed E-state index contributed by atoms with van der Waals surface area (Å²) >= 11 is 0. The van der Waals surface area contributed by atoms with E-state index in [9.17, 15) is 0 Å². The van der Waals surface area contributed by atoms with Crippen LogP contribution in [0.4, 0.5) is 0 Å². The molecule has 70 valence electrons. The molecule has 2 heteroatoms. The first-order chi connectivity index (χ1) is 6.42. The number of fused-ring (bicyclic) bond motifs is 1. The molecule has 0 spiro atoms. The number of terminal acetylenes is 1. The molecule has 0 aliphatic heterocycles. The molecular formula is C12H10IN. The van der Waals surface area contributed by atoms with Crippen molar-refractivity contribution in [3.63, 3.8) is 0 Å². The van der Waals surface area contributed by atoms with Crippen LogP contribution in [0.15, 0.2) is 42.6 Å². The highest BCUT2D eigenvalue weighted by Gasteiger charge is 2.03. The lowest BCUT2D eigenvalue weighted by Gasteiger charge is -1.96. The van der Waals surface area contributed by atoms with Gasteiger partial charge in [-0.2, -0.15) is 4.57 Å². The van der Waals surface area contributed by atoms with Crippen LogP contribution in [0.25, 0.3) is 10.9 Å². The lowest BCUT2D eigenvalue weighted by atomic mass is 10.2. The molecule has 0 saturated heterocycles. The molecule has 0 radical (unpaired) electrons.